The van der Waals surface area contributed by atoms with Crippen LogP contribution in [0, 0.1) is 20.8 Å². The van der Waals surface area contributed by atoms with Crippen molar-refractivity contribution in [1.29, 1.82) is 0 Å². The number of amides is 1. The minimum absolute atomic E-state index is 0.0399. The first-order chi connectivity index (χ1) is 12.1. The highest BCUT2D eigenvalue weighted by Gasteiger charge is 2.17. The maximum atomic E-state index is 12.3. The van der Waals surface area contributed by atoms with Crippen molar-refractivity contribution in [3.05, 3.63) is 53.1 Å². The molecule has 0 aromatic heterocycles. The van der Waals surface area contributed by atoms with Crippen LogP contribution in [0.1, 0.15) is 16.7 Å². The zero-order valence-electron chi connectivity index (χ0n) is 15.8. The van der Waals surface area contributed by atoms with E-state index in [9.17, 15) is 13.2 Å². The van der Waals surface area contributed by atoms with Crippen molar-refractivity contribution < 1.29 is 13.2 Å². The zero-order valence-corrected chi connectivity index (χ0v) is 16.6. The fourth-order valence-corrected chi connectivity index (χ4v) is 3.67. The average molecular weight is 375 g/mol. The second kappa shape index (κ2) is 7.88. The summed E-state index contributed by atoms with van der Waals surface area (Å²) in [7, 11) is -0.547. The fraction of sp³-hybridized carbons (Fsp3) is 0.316. The van der Waals surface area contributed by atoms with Crippen molar-refractivity contribution >= 4 is 27.3 Å². The highest BCUT2D eigenvalue weighted by Crippen LogP contribution is 2.22. The average Bonchev–Trinajstić information content (AvgIpc) is 2.56. The van der Waals surface area contributed by atoms with Gasteiger partial charge < -0.3 is 10.6 Å². The lowest BCUT2D eigenvalue weighted by atomic mass is 10.1. The summed E-state index contributed by atoms with van der Waals surface area (Å²) in [5.41, 5.74) is 4.55. The SMILES string of the molecule is Cc1cc(C)c(NC(=O)CNc2cccc(S(=O)(=O)N(C)C)c2)c(C)c1. The molecule has 1 amide bonds. The fourth-order valence-electron chi connectivity index (χ4n) is 2.72. The van der Waals surface area contributed by atoms with E-state index in [-0.39, 0.29) is 17.3 Å². The number of rotatable bonds is 6. The van der Waals surface area contributed by atoms with Crippen molar-refractivity contribution in [3.63, 3.8) is 0 Å². The smallest absolute Gasteiger partial charge is 0.243 e. The van der Waals surface area contributed by atoms with Gasteiger partial charge in [0, 0.05) is 25.5 Å². The summed E-state index contributed by atoms with van der Waals surface area (Å²) in [6.45, 7) is 5.97. The molecule has 0 heterocycles. The lowest BCUT2D eigenvalue weighted by Gasteiger charge is -2.14. The van der Waals surface area contributed by atoms with Gasteiger partial charge >= 0.3 is 0 Å². The molecule has 140 valence electrons. The van der Waals surface area contributed by atoms with Gasteiger partial charge in [-0.2, -0.15) is 0 Å². The molecule has 0 atom stereocenters. The summed E-state index contributed by atoms with van der Waals surface area (Å²) in [6.07, 6.45) is 0. The second-order valence-electron chi connectivity index (χ2n) is 6.49. The molecule has 0 spiro atoms. The third-order valence-electron chi connectivity index (χ3n) is 4.01. The number of carbonyl (C=O) groups excluding carboxylic acids is 1. The Balaban J connectivity index is 2.07. The molecule has 0 fully saturated rings. The lowest BCUT2D eigenvalue weighted by Crippen LogP contribution is -2.24. The van der Waals surface area contributed by atoms with Gasteiger partial charge in [-0.05, 0) is 50.1 Å². The molecule has 2 aromatic rings. The van der Waals surface area contributed by atoms with Gasteiger partial charge in [0.1, 0.15) is 0 Å². The molecule has 0 aliphatic rings. The molecule has 2 N–H and O–H groups in total. The van der Waals surface area contributed by atoms with Crippen LogP contribution in [0.25, 0.3) is 0 Å². The molecule has 7 heteroatoms. The van der Waals surface area contributed by atoms with Crippen LogP contribution in [0.3, 0.4) is 0 Å². The standard InChI is InChI=1S/C19H25N3O3S/c1-13-9-14(2)19(15(3)10-13)21-18(23)12-20-16-7-6-8-17(11-16)26(24,25)22(4)5/h6-11,20H,12H2,1-5H3,(H,21,23). The number of hydrogen-bond donors (Lipinski definition) is 2. The normalized spacial score (nSPS) is 11.5. The number of benzene rings is 2. The van der Waals surface area contributed by atoms with Crippen LogP contribution in [0.2, 0.25) is 0 Å². The van der Waals surface area contributed by atoms with Gasteiger partial charge in [0.2, 0.25) is 15.9 Å². The third-order valence-corrected chi connectivity index (χ3v) is 5.82. The number of anilines is 2. The molecule has 6 nitrogen and oxygen atoms in total. The van der Waals surface area contributed by atoms with Crippen molar-refractivity contribution in [2.45, 2.75) is 25.7 Å². The monoisotopic (exact) mass is 375 g/mol. The van der Waals surface area contributed by atoms with E-state index in [1.165, 1.54) is 26.2 Å². The number of hydrogen-bond acceptors (Lipinski definition) is 4. The predicted octanol–water partition coefficient (Wildman–Crippen LogP) is 2.91. The summed E-state index contributed by atoms with van der Waals surface area (Å²) in [6, 6.07) is 10.5. The maximum absolute atomic E-state index is 12.3. The Labute approximate surface area is 155 Å². The Morgan fingerprint density at radius 3 is 2.23 bits per heavy atom. The lowest BCUT2D eigenvalue weighted by molar-refractivity contribution is -0.114. The molecule has 0 bridgehead atoms. The van der Waals surface area contributed by atoms with Crippen LogP contribution in [0.5, 0.6) is 0 Å². The van der Waals surface area contributed by atoms with Gasteiger partial charge in [-0.3, -0.25) is 4.79 Å². The number of nitrogens with one attached hydrogen (secondary N) is 2. The maximum Gasteiger partial charge on any atom is 0.243 e. The Hall–Kier alpha value is -2.38. The van der Waals surface area contributed by atoms with Crippen molar-refractivity contribution in [2.75, 3.05) is 31.3 Å². The van der Waals surface area contributed by atoms with Crippen molar-refractivity contribution in [1.82, 2.24) is 4.31 Å². The highest BCUT2D eigenvalue weighted by atomic mass is 32.2. The minimum atomic E-state index is -3.51. The van der Waals surface area contributed by atoms with Crippen LogP contribution in [0.4, 0.5) is 11.4 Å². The van der Waals surface area contributed by atoms with E-state index in [0.717, 1.165) is 26.7 Å². The highest BCUT2D eigenvalue weighted by molar-refractivity contribution is 7.89. The number of sulfonamides is 1. The van der Waals surface area contributed by atoms with Gasteiger partial charge in [0.25, 0.3) is 0 Å². The van der Waals surface area contributed by atoms with Crippen molar-refractivity contribution in [2.24, 2.45) is 0 Å². The van der Waals surface area contributed by atoms with Gasteiger partial charge in [-0.1, -0.05) is 23.8 Å². The molecule has 0 aliphatic heterocycles. The van der Waals surface area contributed by atoms with E-state index < -0.39 is 10.0 Å². The molecular weight excluding hydrogens is 350 g/mol. The van der Waals surface area contributed by atoms with E-state index in [1.54, 1.807) is 12.1 Å². The van der Waals surface area contributed by atoms with Crippen LogP contribution < -0.4 is 10.6 Å². The topological polar surface area (TPSA) is 78.5 Å². The number of aryl methyl sites for hydroxylation is 3. The largest absolute Gasteiger partial charge is 0.376 e. The van der Waals surface area contributed by atoms with E-state index in [0.29, 0.717) is 5.69 Å². The summed E-state index contributed by atoms with van der Waals surface area (Å²) in [4.78, 5) is 12.4. The summed E-state index contributed by atoms with van der Waals surface area (Å²) >= 11 is 0. The van der Waals surface area contributed by atoms with E-state index >= 15 is 0 Å². The van der Waals surface area contributed by atoms with Gasteiger partial charge in [-0.15, -0.1) is 0 Å². The van der Waals surface area contributed by atoms with Crippen LogP contribution in [0.15, 0.2) is 41.3 Å². The first-order valence-corrected chi connectivity index (χ1v) is 9.69. The molecule has 0 unspecified atom stereocenters. The van der Waals surface area contributed by atoms with Gasteiger partial charge in [0.15, 0.2) is 0 Å². The van der Waals surface area contributed by atoms with Crippen molar-refractivity contribution in [3.8, 4) is 0 Å². The predicted molar refractivity (Wildman–Crippen MR) is 105 cm³/mol. The molecular formula is C19H25N3O3S. The second-order valence-corrected chi connectivity index (χ2v) is 8.64. The molecule has 0 radical (unpaired) electrons. The van der Waals surface area contributed by atoms with Crippen LogP contribution in [-0.2, 0) is 14.8 Å². The first kappa shape index (κ1) is 19.9. The van der Waals surface area contributed by atoms with Gasteiger partial charge in [0.05, 0.1) is 11.4 Å². The third kappa shape index (κ3) is 4.62. The first-order valence-electron chi connectivity index (χ1n) is 8.25. The minimum Gasteiger partial charge on any atom is -0.376 e. The van der Waals surface area contributed by atoms with E-state index in [2.05, 4.69) is 10.6 Å². The quantitative estimate of drug-likeness (QED) is 0.814. The Bertz CT molecular complexity index is 898. The van der Waals surface area contributed by atoms with E-state index in [4.69, 9.17) is 0 Å². The summed E-state index contributed by atoms with van der Waals surface area (Å²) in [5, 5.41) is 5.88. The zero-order chi connectivity index (χ0) is 19.5. The molecule has 2 aromatic carbocycles. The molecule has 0 aliphatic carbocycles. The molecule has 2 rings (SSSR count). The van der Waals surface area contributed by atoms with Crippen LogP contribution in [-0.4, -0.2) is 39.3 Å². The number of carbonyl (C=O) groups is 1. The summed E-state index contributed by atoms with van der Waals surface area (Å²) < 4.78 is 25.5. The molecule has 0 saturated carbocycles. The molecule has 0 saturated heterocycles. The molecule has 26 heavy (non-hydrogen) atoms. The van der Waals surface area contributed by atoms with Gasteiger partial charge in [-0.25, -0.2) is 12.7 Å². The van der Waals surface area contributed by atoms with Crippen LogP contribution >= 0.6 is 0 Å². The van der Waals surface area contributed by atoms with E-state index in [1.807, 2.05) is 32.9 Å². The Morgan fingerprint density at radius 2 is 1.65 bits per heavy atom. The summed E-state index contributed by atoms with van der Waals surface area (Å²) in [5.74, 6) is -0.194. The Morgan fingerprint density at radius 1 is 1.04 bits per heavy atom. The Kier molecular flexibility index (Phi) is 6.05. The number of nitrogens with zero attached hydrogens (tertiary/aromatic N) is 1.